The lowest BCUT2D eigenvalue weighted by molar-refractivity contribution is -0.160. The smallest absolute Gasteiger partial charge is 0.337 e. The number of hydrogen-bond acceptors (Lipinski definition) is 4. The van der Waals surface area contributed by atoms with Crippen molar-refractivity contribution in [3.8, 4) is 11.1 Å². The number of ether oxygens (including phenoxy) is 1. The van der Waals surface area contributed by atoms with Crippen LogP contribution in [-0.2, 0) is 26.1 Å². The first-order valence-electron chi connectivity index (χ1n) is 11.6. The number of nitrogens with zero attached hydrogens (tertiary/aromatic N) is 2. The number of benzene rings is 2. The molecule has 2 heterocycles. The molecule has 0 saturated carbocycles. The van der Waals surface area contributed by atoms with Crippen molar-refractivity contribution >= 4 is 44.2 Å². The molecular weight excluding hydrogens is 526 g/mol. The third-order valence-electron chi connectivity index (χ3n) is 6.46. The van der Waals surface area contributed by atoms with Gasteiger partial charge in [-0.25, -0.2) is 22.0 Å². The van der Waals surface area contributed by atoms with Crippen LogP contribution in [0.3, 0.4) is 0 Å². The maximum Gasteiger partial charge on any atom is 0.337 e. The van der Waals surface area contributed by atoms with Crippen LogP contribution in [0.4, 0.5) is 14.5 Å². The molecule has 7 nitrogen and oxygen atoms in total. The number of anilines is 1. The van der Waals surface area contributed by atoms with Crippen molar-refractivity contribution in [2.75, 3.05) is 10.6 Å². The largest absolute Gasteiger partial charge is 0.479 e. The molecule has 200 valence electrons. The predicted molar refractivity (Wildman–Crippen MR) is 140 cm³/mol. The second kappa shape index (κ2) is 9.25. The highest BCUT2D eigenvalue weighted by Crippen LogP contribution is 2.49. The lowest BCUT2D eigenvalue weighted by Gasteiger charge is -2.39. The van der Waals surface area contributed by atoms with Gasteiger partial charge in [0.25, 0.3) is 6.43 Å². The minimum absolute atomic E-state index is 0.0404. The van der Waals surface area contributed by atoms with E-state index in [0.717, 1.165) is 10.6 Å². The number of alkyl halides is 2. The van der Waals surface area contributed by atoms with Crippen LogP contribution in [0.25, 0.3) is 22.0 Å². The van der Waals surface area contributed by atoms with Crippen molar-refractivity contribution in [2.45, 2.75) is 65.3 Å². The fourth-order valence-electron chi connectivity index (χ4n) is 5.13. The molecule has 0 spiro atoms. The Balaban J connectivity index is 2.24. The maximum atomic E-state index is 14.3. The average molecular weight is 555 g/mol. The predicted octanol–water partition coefficient (Wildman–Crippen LogP) is 5.93. The number of hydrogen-bond donors (Lipinski definition) is 1. The van der Waals surface area contributed by atoms with Crippen LogP contribution in [-0.4, -0.2) is 48.4 Å². The van der Waals surface area contributed by atoms with Crippen LogP contribution in [0, 0.1) is 13.8 Å². The minimum Gasteiger partial charge on any atom is -0.479 e. The van der Waals surface area contributed by atoms with Crippen molar-refractivity contribution in [2.24, 2.45) is 0 Å². The SMILES string of the molecule is Cc1c([C@H](OC(C)(C)C)C(=O)O)c(-c2ccc(Cl)cc2)c2cc(C)n3c2c1N(S(C)(=O)=O)C(C(F)F)C3. The maximum absolute atomic E-state index is 14.3. The Morgan fingerprint density at radius 1 is 1.19 bits per heavy atom. The number of aromatic nitrogens is 1. The van der Waals surface area contributed by atoms with Gasteiger partial charge < -0.3 is 14.4 Å². The standard InChI is InChI=1S/C26H29ClF2N2O5S/c1-13-11-17-20(15-7-9-16(27)10-8-15)19(23(25(32)33)36-26(3,4)5)14(2)21-22(17)30(13)12-18(24(28)29)31(21)37(6,34)35/h7-11,18,23-24H,12H2,1-6H3,(H,32,33)/t18?,23-/m0/s1. The Kier molecular flexibility index (Phi) is 6.84. The molecule has 0 bridgehead atoms. The molecule has 0 aliphatic carbocycles. The Morgan fingerprint density at radius 3 is 2.27 bits per heavy atom. The van der Waals surface area contributed by atoms with E-state index in [1.807, 2.05) is 0 Å². The summed E-state index contributed by atoms with van der Waals surface area (Å²) in [7, 11) is -4.17. The van der Waals surface area contributed by atoms with Crippen molar-refractivity contribution in [3.63, 3.8) is 0 Å². The molecule has 1 aliphatic rings. The minimum atomic E-state index is -4.17. The van der Waals surface area contributed by atoms with Crippen LogP contribution in [0.1, 0.15) is 43.7 Å². The van der Waals surface area contributed by atoms with Crippen LogP contribution in [0.2, 0.25) is 5.02 Å². The summed E-state index contributed by atoms with van der Waals surface area (Å²) in [6.07, 6.45) is -3.60. The molecule has 1 aromatic heterocycles. The van der Waals surface area contributed by atoms with Crippen LogP contribution in [0.5, 0.6) is 0 Å². The summed E-state index contributed by atoms with van der Waals surface area (Å²) in [5.41, 5.74) is 1.85. The van der Waals surface area contributed by atoms with E-state index < -0.39 is 40.2 Å². The summed E-state index contributed by atoms with van der Waals surface area (Å²) < 4.78 is 62.9. The molecule has 1 aliphatic heterocycles. The number of carboxylic acid groups (broad SMARTS) is 1. The molecule has 0 saturated heterocycles. The fourth-order valence-corrected chi connectivity index (χ4v) is 6.46. The van der Waals surface area contributed by atoms with Crippen LogP contribution >= 0.6 is 11.6 Å². The van der Waals surface area contributed by atoms with Gasteiger partial charge in [0.05, 0.1) is 29.6 Å². The molecule has 2 atom stereocenters. The van der Waals surface area contributed by atoms with E-state index >= 15 is 0 Å². The second-order valence-corrected chi connectivity index (χ2v) is 12.6. The van der Waals surface area contributed by atoms with Crippen molar-refractivity contribution in [1.29, 1.82) is 0 Å². The Morgan fingerprint density at radius 2 is 1.78 bits per heavy atom. The third-order valence-corrected chi connectivity index (χ3v) is 7.88. The first-order valence-corrected chi connectivity index (χ1v) is 13.9. The third kappa shape index (κ3) is 4.82. The van der Waals surface area contributed by atoms with E-state index in [4.69, 9.17) is 16.3 Å². The van der Waals surface area contributed by atoms with E-state index in [1.54, 1.807) is 69.5 Å². The zero-order valence-corrected chi connectivity index (χ0v) is 22.9. The van der Waals surface area contributed by atoms with Crippen molar-refractivity contribution < 1.29 is 31.8 Å². The normalized spacial score (nSPS) is 17.0. The molecule has 2 aromatic carbocycles. The zero-order chi connectivity index (χ0) is 27.6. The number of carbonyl (C=O) groups is 1. The molecular formula is C26H29ClF2N2O5S. The molecule has 37 heavy (non-hydrogen) atoms. The number of aryl methyl sites for hydroxylation is 1. The summed E-state index contributed by atoms with van der Waals surface area (Å²) >= 11 is 6.12. The van der Waals surface area contributed by atoms with E-state index in [-0.39, 0.29) is 23.4 Å². The summed E-state index contributed by atoms with van der Waals surface area (Å²) in [5.74, 6) is -1.29. The average Bonchev–Trinajstić information content (AvgIpc) is 3.09. The Labute approximate surface area is 219 Å². The molecule has 11 heteroatoms. The molecule has 3 aromatic rings. The summed E-state index contributed by atoms with van der Waals surface area (Å²) in [6.45, 7) is 8.19. The molecule has 1 N–H and O–H groups in total. The van der Waals surface area contributed by atoms with Gasteiger partial charge in [0, 0.05) is 21.7 Å². The fraction of sp³-hybridized carbons (Fsp3) is 0.423. The highest BCUT2D eigenvalue weighted by atomic mass is 35.5. The second-order valence-electron chi connectivity index (χ2n) is 10.3. The molecule has 0 radical (unpaired) electrons. The zero-order valence-electron chi connectivity index (χ0n) is 21.3. The molecule has 1 unspecified atom stereocenters. The quantitative estimate of drug-likeness (QED) is 0.408. The first kappa shape index (κ1) is 27.3. The summed E-state index contributed by atoms with van der Waals surface area (Å²) in [4.78, 5) is 12.6. The highest BCUT2D eigenvalue weighted by molar-refractivity contribution is 7.92. The molecule has 0 fully saturated rings. The van der Waals surface area contributed by atoms with Crippen molar-refractivity contribution in [1.82, 2.24) is 4.57 Å². The first-order chi connectivity index (χ1) is 17.0. The van der Waals surface area contributed by atoms with E-state index in [0.29, 0.717) is 32.7 Å². The van der Waals surface area contributed by atoms with Gasteiger partial charge in [-0.15, -0.1) is 0 Å². The van der Waals surface area contributed by atoms with E-state index in [9.17, 15) is 27.1 Å². The number of rotatable bonds is 6. The number of carboxylic acids is 1. The van der Waals surface area contributed by atoms with Gasteiger partial charge in [0.15, 0.2) is 6.10 Å². The lowest BCUT2D eigenvalue weighted by Crippen LogP contribution is -2.49. The summed E-state index contributed by atoms with van der Waals surface area (Å²) in [6, 6.07) is 6.94. The van der Waals surface area contributed by atoms with Gasteiger partial charge in [-0.3, -0.25) is 4.31 Å². The Bertz CT molecular complexity index is 1490. The number of aliphatic carboxylic acids is 1. The topological polar surface area (TPSA) is 88.8 Å². The number of sulfonamides is 1. The molecule has 4 rings (SSSR count). The van der Waals surface area contributed by atoms with Gasteiger partial charge in [-0.05, 0) is 69.5 Å². The van der Waals surface area contributed by atoms with Crippen molar-refractivity contribution in [3.05, 3.63) is 52.2 Å². The van der Waals surface area contributed by atoms with Gasteiger partial charge in [0.2, 0.25) is 10.0 Å². The van der Waals surface area contributed by atoms with Gasteiger partial charge in [-0.1, -0.05) is 23.7 Å². The van der Waals surface area contributed by atoms with E-state index in [2.05, 4.69) is 0 Å². The van der Waals surface area contributed by atoms with Crippen LogP contribution in [0.15, 0.2) is 30.3 Å². The van der Waals surface area contributed by atoms with Gasteiger partial charge >= 0.3 is 5.97 Å². The monoisotopic (exact) mass is 554 g/mol. The van der Waals surface area contributed by atoms with Gasteiger partial charge in [0.1, 0.15) is 6.04 Å². The van der Waals surface area contributed by atoms with Gasteiger partial charge in [-0.2, -0.15) is 0 Å². The lowest BCUT2D eigenvalue weighted by atomic mass is 9.87. The van der Waals surface area contributed by atoms with E-state index in [1.165, 1.54) is 0 Å². The highest BCUT2D eigenvalue weighted by Gasteiger charge is 2.43. The number of halogens is 3. The summed E-state index contributed by atoms with van der Waals surface area (Å²) in [5, 5.41) is 11.3. The van der Waals surface area contributed by atoms with Crippen LogP contribution < -0.4 is 4.31 Å². The Hall–Kier alpha value is -2.69. The molecule has 0 amide bonds.